The summed E-state index contributed by atoms with van der Waals surface area (Å²) in [5.74, 6) is 0.525. The van der Waals surface area contributed by atoms with Gasteiger partial charge in [0.25, 0.3) is 5.69 Å². The molecule has 1 unspecified atom stereocenters. The van der Waals surface area contributed by atoms with Crippen LogP contribution in [0.25, 0.3) is 0 Å². The fraction of sp³-hybridized carbons (Fsp3) is 0.250. The van der Waals surface area contributed by atoms with Crippen LogP contribution < -0.4 is 4.74 Å². The highest BCUT2D eigenvalue weighted by Gasteiger charge is 2.27. The number of nitro groups is 1. The lowest BCUT2D eigenvalue weighted by Crippen LogP contribution is -2.19. The quantitative estimate of drug-likeness (QED) is 0.626. The number of hydrogen-bond donors (Lipinski definition) is 0. The molecule has 3 rings (SSSR count). The smallest absolute Gasteiger partial charge is 0.271 e. The molecule has 7 heteroatoms. The van der Waals surface area contributed by atoms with E-state index in [9.17, 15) is 10.1 Å². The van der Waals surface area contributed by atoms with Gasteiger partial charge >= 0.3 is 0 Å². The van der Waals surface area contributed by atoms with Crippen molar-refractivity contribution in [2.45, 2.75) is 12.5 Å². The molecule has 0 spiro atoms. The summed E-state index contributed by atoms with van der Waals surface area (Å²) in [6, 6.07) is 2.80. The monoisotopic (exact) mass is 279 g/mol. The van der Waals surface area contributed by atoms with E-state index in [1.165, 1.54) is 12.1 Å². The molecule has 0 bridgehead atoms. The zero-order valence-electron chi connectivity index (χ0n) is 9.82. The number of aromatic nitrogens is 2. The first kappa shape index (κ1) is 12.0. The number of ether oxygens (including phenoxy) is 1. The van der Waals surface area contributed by atoms with E-state index in [1.54, 1.807) is 12.5 Å². The number of rotatable bonds is 2. The van der Waals surface area contributed by atoms with Gasteiger partial charge in [-0.2, -0.15) is 0 Å². The zero-order valence-corrected chi connectivity index (χ0v) is 10.6. The minimum absolute atomic E-state index is 0.0284. The Morgan fingerprint density at radius 3 is 3.05 bits per heavy atom. The van der Waals surface area contributed by atoms with Crippen LogP contribution in [0.3, 0.4) is 0 Å². The predicted molar refractivity (Wildman–Crippen MR) is 68.6 cm³/mol. The van der Waals surface area contributed by atoms with Crippen LogP contribution in [0.5, 0.6) is 5.75 Å². The number of imidazole rings is 1. The minimum Gasteiger partial charge on any atom is -0.492 e. The summed E-state index contributed by atoms with van der Waals surface area (Å²) < 4.78 is 7.43. The SMILES string of the molecule is O=[N+]([O-])c1cc(Cl)c2c(c1)C(n1ccnc1)CCO2. The van der Waals surface area contributed by atoms with E-state index in [0.717, 1.165) is 12.0 Å². The molecule has 1 atom stereocenters. The van der Waals surface area contributed by atoms with Crippen LogP contribution in [-0.4, -0.2) is 21.1 Å². The van der Waals surface area contributed by atoms with E-state index in [2.05, 4.69) is 4.98 Å². The molecule has 1 aliphatic rings. The maximum absolute atomic E-state index is 10.9. The second kappa shape index (κ2) is 4.55. The lowest BCUT2D eigenvalue weighted by molar-refractivity contribution is -0.385. The van der Waals surface area contributed by atoms with Crippen molar-refractivity contribution in [3.05, 3.63) is 51.6 Å². The largest absolute Gasteiger partial charge is 0.492 e. The maximum atomic E-state index is 10.9. The Morgan fingerprint density at radius 2 is 2.37 bits per heavy atom. The molecule has 1 aromatic carbocycles. The topological polar surface area (TPSA) is 70.2 Å². The number of nitro benzene ring substituents is 1. The second-order valence-electron chi connectivity index (χ2n) is 4.27. The van der Waals surface area contributed by atoms with Gasteiger partial charge in [-0.1, -0.05) is 11.6 Å². The van der Waals surface area contributed by atoms with E-state index < -0.39 is 4.92 Å². The van der Waals surface area contributed by atoms with E-state index in [4.69, 9.17) is 16.3 Å². The summed E-state index contributed by atoms with van der Waals surface area (Å²) in [5.41, 5.74) is 0.697. The first-order valence-corrected chi connectivity index (χ1v) is 6.12. The molecule has 6 nitrogen and oxygen atoms in total. The molecule has 1 aromatic heterocycles. The molecule has 0 saturated heterocycles. The summed E-state index contributed by atoms with van der Waals surface area (Å²) in [6.07, 6.45) is 5.91. The van der Waals surface area contributed by atoms with Gasteiger partial charge in [0.15, 0.2) is 0 Å². The highest BCUT2D eigenvalue weighted by molar-refractivity contribution is 6.32. The molecule has 2 aromatic rings. The molecule has 0 aliphatic carbocycles. The van der Waals surface area contributed by atoms with Gasteiger partial charge in [0, 0.05) is 36.5 Å². The van der Waals surface area contributed by atoms with Gasteiger partial charge < -0.3 is 9.30 Å². The van der Waals surface area contributed by atoms with Crippen molar-refractivity contribution >= 4 is 17.3 Å². The van der Waals surface area contributed by atoms with Gasteiger partial charge in [0.05, 0.1) is 28.9 Å². The molecule has 98 valence electrons. The first-order valence-electron chi connectivity index (χ1n) is 5.75. The fourth-order valence-electron chi connectivity index (χ4n) is 2.30. The number of halogens is 1. The Bertz CT molecular complexity index is 627. The Hall–Kier alpha value is -2.08. The van der Waals surface area contributed by atoms with Gasteiger partial charge in [-0.05, 0) is 0 Å². The van der Waals surface area contributed by atoms with Crippen molar-refractivity contribution in [3.8, 4) is 5.75 Å². The van der Waals surface area contributed by atoms with Crippen molar-refractivity contribution in [1.82, 2.24) is 9.55 Å². The molecule has 0 N–H and O–H groups in total. The lowest BCUT2D eigenvalue weighted by atomic mass is 9.99. The Kier molecular flexibility index (Phi) is 2.87. The molecule has 2 heterocycles. The van der Waals surface area contributed by atoms with Gasteiger partial charge in [-0.15, -0.1) is 0 Å². The summed E-state index contributed by atoms with van der Waals surface area (Å²) >= 11 is 6.06. The third-order valence-electron chi connectivity index (χ3n) is 3.15. The van der Waals surface area contributed by atoms with E-state index in [1.807, 2.05) is 10.8 Å². The van der Waals surface area contributed by atoms with Crippen molar-refractivity contribution in [1.29, 1.82) is 0 Å². The highest BCUT2D eigenvalue weighted by atomic mass is 35.5. The Balaban J connectivity index is 2.15. The highest BCUT2D eigenvalue weighted by Crippen LogP contribution is 2.42. The van der Waals surface area contributed by atoms with Crippen molar-refractivity contribution in [2.24, 2.45) is 0 Å². The van der Waals surface area contributed by atoms with Gasteiger partial charge in [-0.3, -0.25) is 10.1 Å². The molecule has 0 fully saturated rings. The molecule has 1 aliphatic heterocycles. The number of fused-ring (bicyclic) bond motifs is 1. The fourth-order valence-corrected chi connectivity index (χ4v) is 2.57. The molecule has 0 saturated carbocycles. The Morgan fingerprint density at radius 1 is 1.53 bits per heavy atom. The second-order valence-corrected chi connectivity index (χ2v) is 4.67. The minimum atomic E-state index is -0.453. The molecular weight excluding hydrogens is 270 g/mol. The lowest BCUT2D eigenvalue weighted by Gasteiger charge is -2.27. The zero-order chi connectivity index (χ0) is 13.4. The Labute approximate surface area is 113 Å². The van der Waals surface area contributed by atoms with Crippen LogP contribution in [0.4, 0.5) is 5.69 Å². The normalized spacial score (nSPS) is 17.6. The molecule has 0 radical (unpaired) electrons. The van der Waals surface area contributed by atoms with E-state index in [-0.39, 0.29) is 16.8 Å². The van der Waals surface area contributed by atoms with Crippen LogP contribution in [0.1, 0.15) is 18.0 Å². The number of non-ortho nitro benzene ring substituents is 1. The maximum Gasteiger partial charge on any atom is 0.271 e. The number of benzene rings is 1. The van der Waals surface area contributed by atoms with Crippen LogP contribution in [0.15, 0.2) is 30.9 Å². The summed E-state index contributed by atoms with van der Waals surface area (Å²) in [7, 11) is 0. The number of hydrogen-bond acceptors (Lipinski definition) is 4. The van der Waals surface area contributed by atoms with Crippen LogP contribution in [0.2, 0.25) is 5.02 Å². The van der Waals surface area contributed by atoms with Crippen molar-refractivity contribution in [3.63, 3.8) is 0 Å². The van der Waals surface area contributed by atoms with Crippen LogP contribution >= 0.6 is 11.6 Å². The van der Waals surface area contributed by atoms with Crippen LogP contribution in [-0.2, 0) is 0 Å². The number of nitrogens with zero attached hydrogens (tertiary/aromatic N) is 3. The van der Waals surface area contributed by atoms with E-state index >= 15 is 0 Å². The third kappa shape index (κ3) is 2.04. The third-order valence-corrected chi connectivity index (χ3v) is 3.43. The summed E-state index contributed by atoms with van der Waals surface area (Å²) in [6.45, 7) is 0.521. The van der Waals surface area contributed by atoms with Gasteiger partial charge in [0.1, 0.15) is 5.75 Å². The van der Waals surface area contributed by atoms with Crippen molar-refractivity contribution in [2.75, 3.05) is 6.61 Å². The molecular formula is C12H10ClN3O3. The standard InChI is InChI=1S/C12H10ClN3O3/c13-10-6-8(16(17)18)5-9-11(1-4-19-12(9)10)15-3-2-14-7-15/h2-3,5-7,11H,1,4H2. The van der Waals surface area contributed by atoms with Gasteiger partial charge in [-0.25, -0.2) is 4.98 Å². The summed E-state index contributed by atoms with van der Waals surface area (Å²) in [5, 5.41) is 11.2. The predicted octanol–water partition coefficient (Wildman–Crippen LogP) is 2.82. The van der Waals surface area contributed by atoms with E-state index in [0.29, 0.717) is 12.4 Å². The average molecular weight is 280 g/mol. The van der Waals surface area contributed by atoms with Gasteiger partial charge in [0.2, 0.25) is 0 Å². The van der Waals surface area contributed by atoms with Crippen molar-refractivity contribution < 1.29 is 9.66 Å². The molecule has 0 amide bonds. The van der Waals surface area contributed by atoms with Crippen LogP contribution in [0, 0.1) is 10.1 Å². The molecule has 19 heavy (non-hydrogen) atoms. The summed E-state index contributed by atoms with van der Waals surface area (Å²) in [4.78, 5) is 14.5. The average Bonchev–Trinajstić information content (AvgIpc) is 2.91. The first-order chi connectivity index (χ1) is 9.16.